The SMILES string of the molecule is O=C(CCC(=O)OCC(=O)Nc1cccc2ccccc12)Nc1ccc(Cl)cc1Cl. The van der Waals surface area contributed by atoms with Crippen molar-refractivity contribution in [2.75, 3.05) is 17.2 Å². The monoisotopic (exact) mass is 444 g/mol. The van der Waals surface area contributed by atoms with Gasteiger partial charge < -0.3 is 15.4 Å². The Morgan fingerprint density at radius 3 is 2.33 bits per heavy atom. The molecule has 0 spiro atoms. The summed E-state index contributed by atoms with van der Waals surface area (Å²) in [5, 5.41) is 7.93. The first kappa shape index (κ1) is 21.6. The van der Waals surface area contributed by atoms with E-state index in [1.54, 1.807) is 18.2 Å². The maximum absolute atomic E-state index is 12.1. The molecule has 0 aromatic heterocycles. The Morgan fingerprint density at radius 1 is 0.800 bits per heavy atom. The lowest BCUT2D eigenvalue weighted by Crippen LogP contribution is -2.22. The van der Waals surface area contributed by atoms with Crippen LogP contribution in [-0.4, -0.2) is 24.4 Å². The van der Waals surface area contributed by atoms with Gasteiger partial charge in [-0.3, -0.25) is 14.4 Å². The number of hydrogen-bond donors (Lipinski definition) is 2. The van der Waals surface area contributed by atoms with Crippen LogP contribution in [0.25, 0.3) is 10.8 Å². The molecule has 0 bridgehead atoms. The van der Waals surface area contributed by atoms with Gasteiger partial charge in [0.1, 0.15) is 0 Å². The fourth-order valence-corrected chi connectivity index (χ4v) is 3.21. The highest BCUT2D eigenvalue weighted by atomic mass is 35.5. The molecule has 0 aliphatic rings. The first-order valence-electron chi connectivity index (χ1n) is 9.10. The van der Waals surface area contributed by atoms with Gasteiger partial charge in [-0.25, -0.2) is 0 Å². The van der Waals surface area contributed by atoms with E-state index in [2.05, 4.69) is 10.6 Å². The van der Waals surface area contributed by atoms with E-state index < -0.39 is 24.4 Å². The van der Waals surface area contributed by atoms with E-state index in [0.29, 0.717) is 21.4 Å². The molecule has 6 nitrogen and oxygen atoms in total. The third-order valence-electron chi connectivity index (χ3n) is 4.19. The van der Waals surface area contributed by atoms with Crippen LogP contribution in [0, 0.1) is 0 Å². The van der Waals surface area contributed by atoms with Gasteiger partial charge in [-0.1, -0.05) is 59.6 Å². The number of esters is 1. The van der Waals surface area contributed by atoms with Crippen LogP contribution in [-0.2, 0) is 19.1 Å². The van der Waals surface area contributed by atoms with E-state index in [9.17, 15) is 14.4 Å². The maximum Gasteiger partial charge on any atom is 0.306 e. The highest BCUT2D eigenvalue weighted by Gasteiger charge is 2.12. The number of halogens is 2. The van der Waals surface area contributed by atoms with Gasteiger partial charge in [0.05, 0.1) is 17.1 Å². The molecule has 30 heavy (non-hydrogen) atoms. The molecule has 0 saturated carbocycles. The van der Waals surface area contributed by atoms with Crippen molar-refractivity contribution < 1.29 is 19.1 Å². The number of carbonyl (C=O) groups is 3. The predicted octanol–water partition coefficient (Wildman–Crippen LogP) is 5.05. The van der Waals surface area contributed by atoms with Crippen molar-refractivity contribution in [1.82, 2.24) is 0 Å². The number of benzene rings is 3. The summed E-state index contributed by atoms with van der Waals surface area (Å²) < 4.78 is 4.95. The number of amides is 2. The number of carbonyl (C=O) groups excluding carboxylic acids is 3. The van der Waals surface area contributed by atoms with E-state index in [-0.39, 0.29) is 12.8 Å². The molecule has 0 aliphatic carbocycles. The molecule has 0 aliphatic heterocycles. The lowest BCUT2D eigenvalue weighted by molar-refractivity contribution is -0.147. The fourth-order valence-electron chi connectivity index (χ4n) is 2.76. The van der Waals surface area contributed by atoms with E-state index in [0.717, 1.165) is 10.8 Å². The van der Waals surface area contributed by atoms with Crippen LogP contribution < -0.4 is 10.6 Å². The Labute approximate surface area is 183 Å². The molecule has 0 heterocycles. The maximum atomic E-state index is 12.1. The summed E-state index contributed by atoms with van der Waals surface area (Å²) in [6, 6.07) is 17.8. The van der Waals surface area contributed by atoms with Crippen LogP contribution in [0.1, 0.15) is 12.8 Å². The van der Waals surface area contributed by atoms with Crippen molar-refractivity contribution in [2.45, 2.75) is 12.8 Å². The normalized spacial score (nSPS) is 10.5. The smallest absolute Gasteiger partial charge is 0.306 e. The largest absolute Gasteiger partial charge is 0.456 e. The molecule has 0 saturated heterocycles. The van der Waals surface area contributed by atoms with Crippen LogP contribution >= 0.6 is 23.2 Å². The van der Waals surface area contributed by atoms with Gasteiger partial charge in [0, 0.05) is 22.5 Å². The first-order chi connectivity index (χ1) is 14.4. The molecule has 0 atom stereocenters. The summed E-state index contributed by atoms with van der Waals surface area (Å²) in [6.45, 7) is -0.438. The van der Waals surface area contributed by atoms with Crippen molar-refractivity contribution in [1.29, 1.82) is 0 Å². The average molecular weight is 445 g/mol. The van der Waals surface area contributed by atoms with Crippen LogP contribution in [0.2, 0.25) is 10.0 Å². The summed E-state index contributed by atoms with van der Waals surface area (Å²) in [4.78, 5) is 35.9. The van der Waals surface area contributed by atoms with Crippen LogP contribution in [0.4, 0.5) is 11.4 Å². The predicted molar refractivity (Wildman–Crippen MR) is 118 cm³/mol. The number of hydrogen-bond acceptors (Lipinski definition) is 4. The first-order valence-corrected chi connectivity index (χ1v) is 9.86. The number of anilines is 2. The van der Waals surface area contributed by atoms with Crippen LogP contribution in [0.15, 0.2) is 60.7 Å². The third-order valence-corrected chi connectivity index (χ3v) is 4.74. The van der Waals surface area contributed by atoms with Gasteiger partial charge >= 0.3 is 5.97 Å². The lowest BCUT2D eigenvalue weighted by Gasteiger charge is -2.10. The molecule has 3 aromatic rings. The summed E-state index contributed by atoms with van der Waals surface area (Å²) in [6.07, 6.45) is -0.276. The lowest BCUT2D eigenvalue weighted by atomic mass is 10.1. The number of ether oxygens (including phenoxy) is 1. The van der Waals surface area contributed by atoms with Crippen LogP contribution in [0.5, 0.6) is 0 Å². The number of nitrogens with one attached hydrogen (secondary N) is 2. The summed E-state index contributed by atoms with van der Waals surface area (Å²) in [5.41, 5.74) is 1.03. The minimum atomic E-state index is -0.652. The molecule has 8 heteroatoms. The van der Waals surface area contributed by atoms with Gasteiger partial charge in [-0.2, -0.15) is 0 Å². The summed E-state index contributed by atoms with van der Waals surface area (Å²) >= 11 is 11.8. The second-order valence-electron chi connectivity index (χ2n) is 6.41. The van der Waals surface area contributed by atoms with Crippen LogP contribution in [0.3, 0.4) is 0 Å². The minimum absolute atomic E-state index is 0.108. The molecule has 3 rings (SSSR count). The molecular formula is C22H18Cl2N2O4. The van der Waals surface area contributed by atoms with Crippen molar-refractivity contribution >= 4 is 63.1 Å². The molecule has 0 radical (unpaired) electrons. The second-order valence-corrected chi connectivity index (χ2v) is 7.25. The molecule has 0 unspecified atom stereocenters. The molecule has 2 amide bonds. The van der Waals surface area contributed by atoms with E-state index in [1.165, 1.54) is 6.07 Å². The highest BCUT2D eigenvalue weighted by Crippen LogP contribution is 2.25. The minimum Gasteiger partial charge on any atom is -0.456 e. The van der Waals surface area contributed by atoms with Gasteiger partial charge in [0.25, 0.3) is 5.91 Å². The third kappa shape index (κ3) is 5.95. The van der Waals surface area contributed by atoms with Gasteiger partial charge in [-0.15, -0.1) is 0 Å². The zero-order valence-corrected chi connectivity index (χ0v) is 17.3. The van der Waals surface area contributed by atoms with Gasteiger partial charge in [-0.05, 0) is 29.7 Å². The van der Waals surface area contributed by atoms with E-state index in [4.69, 9.17) is 27.9 Å². The summed E-state index contributed by atoms with van der Waals surface area (Å²) in [5.74, 6) is -1.52. The van der Waals surface area contributed by atoms with Gasteiger partial charge in [0.2, 0.25) is 5.91 Å². The zero-order chi connectivity index (χ0) is 21.5. The number of fused-ring (bicyclic) bond motifs is 1. The average Bonchev–Trinajstić information content (AvgIpc) is 2.73. The van der Waals surface area contributed by atoms with Crippen molar-refractivity contribution in [3.63, 3.8) is 0 Å². The molecule has 2 N–H and O–H groups in total. The second kappa shape index (κ2) is 10.1. The Bertz CT molecular complexity index is 1100. The Morgan fingerprint density at radius 2 is 1.53 bits per heavy atom. The molecular weight excluding hydrogens is 427 g/mol. The van der Waals surface area contributed by atoms with Crippen molar-refractivity contribution in [3.8, 4) is 0 Å². The van der Waals surface area contributed by atoms with E-state index >= 15 is 0 Å². The Kier molecular flexibility index (Phi) is 7.27. The molecule has 0 fully saturated rings. The van der Waals surface area contributed by atoms with E-state index in [1.807, 2.05) is 36.4 Å². The quantitative estimate of drug-likeness (QED) is 0.499. The standard InChI is InChI=1S/C22H18Cl2N2O4/c23-15-8-9-19(17(24)12-15)26-20(27)10-11-22(29)30-13-21(28)25-18-7-3-5-14-4-1-2-6-16(14)18/h1-9,12H,10-11,13H2,(H,25,28)(H,26,27). The van der Waals surface area contributed by atoms with Crippen molar-refractivity contribution in [3.05, 3.63) is 70.7 Å². The topological polar surface area (TPSA) is 84.5 Å². The zero-order valence-electron chi connectivity index (χ0n) is 15.8. The Balaban J connectivity index is 1.44. The Hall–Kier alpha value is -3.09. The highest BCUT2D eigenvalue weighted by molar-refractivity contribution is 6.36. The van der Waals surface area contributed by atoms with Crippen molar-refractivity contribution in [2.24, 2.45) is 0 Å². The number of rotatable bonds is 7. The summed E-state index contributed by atoms with van der Waals surface area (Å²) in [7, 11) is 0. The van der Waals surface area contributed by atoms with Gasteiger partial charge in [0.15, 0.2) is 6.61 Å². The molecule has 3 aromatic carbocycles. The molecule has 154 valence electrons. The fraction of sp³-hybridized carbons (Fsp3) is 0.136.